The van der Waals surface area contributed by atoms with Crippen LogP contribution in [0.3, 0.4) is 0 Å². The number of unbranched alkanes of at least 4 members (excludes halogenated alkanes) is 1. The zero-order valence-electron chi connectivity index (χ0n) is 7.85. The van der Waals surface area contributed by atoms with Crippen LogP contribution in [0.2, 0.25) is 4.44 Å². The molecule has 4 heteroatoms. The maximum absolute atomic E-state index is 5.30. The van der Waals surface area contributed by atoms with Gasteiger partial charge < -0.3 is 0 Å². The molecule has 0 rings (SSSR count). The zero-order chi connectivity index (χ0) is 8.74. The van der Waals surface area contributed by atoms with Crippen LogP contribution in [-0.4, -0.2) is 40.9 Å². The van der Waals surface area contributed by atoms with Gasteiger partial charge in [-0.1, -0.05) is 0 Å². The molecule has 11 heavy (non-hydrogen) atoms. The minimum absolute atomic E-state index is 0.981. The van der Waals surface area contributed by atoms with E-state index in [0.29, 0.717) is 0 Å². The van der Waals surface area contributed by atoms with Gasteiger partial charge >= 0.3 is 74.4 Å². The molecule has 0 aromatic heterocycles. The third-order valence-electron chi connectivity index (χ3n) is 1.77. The van der Waals surface area contributed by atoms with E-state index in [4.69, 9.17) is 9.22 Å². The fourth-order valence-electron chi connectivity index (χ4n) is 0.949. The molecule has 0 fully saturated rings. The number of rotatable bonds is 6. The predicted molar refractivity (Wildman–Crippen MR) is 46.5 cm³/mol. The molecule has 0 heterocycles. The fourth-order valence-corrected chi connectivity index (χ4v) is 6.37. The zero-order valence-corrected chi connectivity index (χ0v) is 10.7. The Morgan fingerprint density at radius 3 is 1.73 bits per heavy atom. The Kier molecular flexibility index (Phi) is 6.61. The molecule has 0 aliphatic rings. The van der Waals surface area contributed by atoms with Gasteiger partial charge in [0.05, 0.1) is 0 Å². The van der Waals surface area contributed by atoms with Crippen LogP contribution in [0, 0.1) is 0 Å². The van der Waals surface area contributed by atoms with Crippen LogP contribution in [0.5, 0.6) is 0 Å². The summed E-state index contributed by atoms with van der Waals surface area (Å²) >= 11 is -2.96. The second-order valence-corrected chi connectivity index (χ2v) is 11.2. The summed E-state index contributed by atoms with van der Waals surface area (Å²) in [6, 6.07) is 0. The van der Waals surface area contributed by atoms with Crippen molar-refractivity contribution in [3.8, 4) is 0 Å². The first-order valence-corrected chi connectivity index (χ1v) is 9.41. The average Bonchev–Trinajstić information content (AvgIpc) is 2.08. The van der Waals surface area contributed by atoms with Crippen molar-refractivity contribution in [3.63, 3.8) is 0 Å². The normalized spacial score (nSPS) is 12.0. The molecule has 3 nitrogen and oxygen atoms in total. The van der Waals surface area contributed by atoms with Gasteiger partial charge in [-0.15, -0.1) is 0 Å². The van der Waals surface area contributed by atoms with Gasteiger partial charge in [0, 0.05) is 0 Å². The molecule has 0 aromatic carbocycles. The molecule has 68 valence electrons. The third kappa shape index (κ3) is 3.73. The molecule has 0 aliphatic carbocycles. The topological polar surface area (TPSA) is 27.7 Å². The van der Waals surface area contributed by atoms with Crippen LogP contribution < -0.4 is 0 Å². The summed E-state index contributed by atoms with van der Waals surface area (Å²) in [5.41, 5.74) is 0. The van der Waals surface area contributed by atoms with E-state index >= 15 is 0 Å². The van der Waals surface area contributed by atoms with Crippen LogP contribution in [-0.2, 0) is 9.22 Å². The first kappa shape index (κ1) is 11.7. The molecule has 0 amide bonds. The average molecular weight is 269 g/mol. The molecule has 0 atom stereocenters. The monoisotopic (exact) mass is 270 g/mol. The second kappa shape index (κ2) is 6.22. The van der Waals surface area contributed by atoms with Gasteiger partial charge in [-0.2, -0.15) is 0 Å². The molecular formula is C7H18O3Sn. The molecule has 0 saturated carbocycles. The first-order valence-electron chi connectivity index (χ1n) is 3.90. The van der Waals surface area contributed by atoms with Crippen molar-refractivity contribution in [1.29, 1.82) is 0 Å². The van der Waals surface area contributed by atoms with Crippen LogP contribution in [0.4, 0.5) is 0 Å². The van der Waals surface area contributed by atoms with Gasteiger partial charge in [-0.3, -0.25) is 0 Å². The van der Waals surface area contributed by atoms with Crippen molar-refractivity contribution in [2.75, 3.05) is 21.3 Å². The van der Waals surface area contributed by atoms with E-state index in [2.05, 4.69) is 6.92 Å². The molecular weight excluding hydrogens is 251 g/mol. The van der Waals surface area contributed by atoms with Crippen LogP contribution in [0.15, 0.2) is 0 Å². The molecule has 0 radical (unpaired) electrons. The van der Waals surface area contributed by atoms with Crippen molar-refractivity contribution in [3.05, 3.63) is 0 Å². The Morgan fingerprint density at radius 1 is 1.00 bits per heavy atom. The van der Waals surface area contributed by atoms with Crippen molar-refractivity contribution < 1.29 is 9.22 Å². The summed E-state index contributed by atoms with van der Waals surface area (Å²) in [5.74, 6) is 0. The third-order valence-corrected chi connectivity index (χ3v) is 9.85. The van der Waals surface area contributed by atoms with Crippen LogP contribution >= 0.6 is 0 Å². The second-order valence-electron chi connectivity index (χ2n) is 2.40. The van der Waals surface area contributed by atoms with Crippen molar-refractivity contribution in [1.82, 2.24) is 0 Å². The summed E-state index contributed by atoms with van der Waals surface area (Å²) in [6.45, 7) is 2.15. The number of hydrogen-bond donors (Lipinski definition) is 0. The Labute approximate surface area is 74.5 Å². The van der Waals surface area contributed by atoms with Gasteiger partial charge in [-0.05, 0) is 0 Å². The molecule has 0 N–H and O–H groups in total. The Balaban J connectivity index is 3.84. The standard InChI is InChI=1S/C4H9.3CH3O.Sn/c1-3-4-2;3*1-2;/h1,3-4H2,2H3;3*1H3;/q;3*-1;+3. The van der Waals surface area contributed by atoms with Crippen LogP contribution in [0.25, 0.3) is 0 Å². The predicted octanol–water partition coefficient (Wildman–Crippen LogP) is 1.66. The molecule has 0 aromatic rings. The molecule has 0 saturated heterocycles. The summed E-state index contributed by atoms with van der Waals surface area (Å²) in [6.07, 6.45) is 2.29. The summed E-state index contributed by atoms with van der Waals surface area (Å²) < 4.78 is 16.9. The Hall–Kier alpha value is 0.679. The molecule has 0 spiro atoms. The summed E-state index contributed by atoms with van der Waals surface area (Å²) in [7, 11) is 5.04. The quantitative estimate of drug-likeness (QED) is 0.686. The Morgan fingerprint density at radius 2 is 1.45 bits per heavy atom. The minimum atomic E-state index is -2.96. The number of hydrogen-bond acceptors (Lipinski definition) is 3. The van der Waals surface area contributed by atoms with Gasteiger partial charge in [0.25, 0.3) is 0 Å². The van der Waals surface area contributed by atoms with E-state index in [1.54, 1.807) is 21.3 Å². The molecule has 0 bridgehead atoms. The van der Waals surface area contributed by atoms with Gasteiger partial charge in [0.15, 0.2) is 0 Å². The van der Waals surface area contributed by atoms with Crippen molar-refractivity contribution in [2.24, 2.45) is 0 Å². The van der Waals surface area contributed by atoms with Crippen LogP contribution in [0.1, 0.15) is 19.8 Å². The summed E-state index contributed by atoms with van der Waals surface area (Å²) in [5, 5.41) is 0. The first-order chi connectivity index (χ1) is 5.24. The van der Waals surface area contributed by atoms with E-state index in [9.17, 15) is 0 Å². The fraction of sp³-hybridized carbons (Fsp3) is 1.00. The van der Waals surface area contributed by atoms with E-state index in [1.807, 2.05) is 0 Å². The van der Waals surface area contributed by atoms with E-state index in [-0.39, 0.29) is 0 Å². The maximum atomic E-state index is 5.30. The van der Waals surface area contributed by atoms with Gasteiger partial charge in [-0.25, -0.2) is 0 Å². The molecule has 0 aliphatic heterocycles. The Bertz CT molecular complexity index is 85.4. The van der Waals surface area contributed by atoms with Gasteiger partial charge in [0.2, 0.25) is 0 Å². The van der Waals surface area contributed by atoms with Gasteiger partial charge in [0.1, 0.15) is 0 Å². The summed E-state index contributed by atoms with van der Waals surface area (Å²) in [4.78, 5) is 0. The van der Waals surface area contributed by atoms with E-state index in [1.165, 1.54) is 0 Å². The van der Waals surface area contributed by atoms with E-state index in [0.717, 1.165) is 17.3 Å². The van der Waals surface area contributed by atoms with E-state index < -0.39 is 19.6 Å². The van der Waals surface area contributed by atoms with Crippen molar-refractivity contribution in [2.45, 2.75) is 24.2 Å². The van der Waals surface area contributed by atoms with Crippen molar-refractivity contribution >= 4 is 19.6 Å². The molecule has 0 unspecified atom stereocenters. The SMILES string of the molecule is CCC[CH2][Sn]([O]C)([O]C)[O]C.